The average Bonchev–Trinajstić information content (AvgIpc) is 2.80. The number of aromatic nitrogens is 1. The van der Waals surface area contributed by atoms with E-state index >= 15 is 0 Å². The molecule has 0 aliphatic carbocycles. The summed E-state index contributed by atoms with van der Waals surface area (Å²) < 4.78 is 11.0. The zero-order chi connectivity index (χ0) is 23.5. The summed E-state index contributed by atoms with van der Waals surface area (Å²) in [5.41, 5.74) is 3.68. The van der Waals surface area contributed by atoms with Gasteiger partial charge in [-0.05, 0) is 62.2 Å². The van der Waals surface area contributed by atoms with E-state index in [4.69, 9.17) is 9.15 Å². The molecule has 2 aromatic carbocycles. The van der Waals surface area contributed by atoms with Crippen molar-refractivity contribution in [2.24, 2.45) is 0 Å². The van der Waals surface area contributed by atoms with Crippen LogP contribution >= 0.6 is 0 Å². The first kappa shape index (κ1) is 22.0. The molecule has 0 atom stereocenters. The van der Waals surface area contributed by atoms with Gasteiger partial charge >= 0.3 is 5.97 Å². The zero-order valence-electron chi connectivity index (χ0n) is 18.5. The molecular formula is C26H22N2O5. The highest BCUT2D eigenvalue weighted by molar-refractivity contribution is 6.04. The van der Waals surface area contributed by atoms with E-state index in [-0.39, 0.29) is 23.8 Å². The second kappa shape index (κ2) is 9.08. The van der Waals surface area contributed by atoms with Gasteiger partial charge in [-0.2, -0.15) is 0 Å². The lowest BCUT2D eigenvalue weighted by atomic mass is 10.1. The number of anilines is 1. The molecule has 7 heteroatoms. The maximum absolute atomic E-state index is 12.6. The molecule has 0 radical (unpaired) electrons. The SMILES string of the molecule is CCOC(=O)c1ccnc(NC(=O)c2ccc(-c3cc(=O)c4cc(C)cc(C)c4o3)cc2)c1. The van der Waals surface area contributed by atoms with Crippen LogP contribution in [0.25, 0.3) is 22.3 Å². The standard InChI is InChI=1S/C26H22N2O5/c1-4-32-26(31)19-9-10-27-23(13-19)28-25(30)18-7-5-17(6-8-18)22-14-21(29)20-12-15(2)11-16(3)24(20)33-22/h5-14H,4H2,1-3H3,(H,27,28,30). The Morgan fingerprint density at radius 3 is 2.48 bits per heavy atom. The number of fused-ring (bicyclic) bond motifs is 1. The van der Waals surface area contributed by atoms with Crippen molar-refractivity contribution in [1.82, 2.24) is 4.98 Å². The van der Waals surface area contributed by atoms with Gasteiger partial charge in [0.2, 0.25) is 0 Å². The van der Waals surface area contributed by atoms with Crippen LogP contribution in [0.1, 0.15) is 38.8 Å². The topological polar surface area (TPSA) is 98.5 Å². The number of nitrogens with one attached hydrogen (secondary N) is 1. The lowest BCUT2D eigenvalue weighted by Gasteiger charge is -2.08. The lowest BCUT2D eigenvalue weighted by molar-refractivity contribution is 0.0526. The number of amides is 1. The van der Waals surface area contributed by atoms with Gasteiger partial charge in [-0.1, -0.05) is 18.2 Å². The smallest absolute Gasteiger partial charge is 0.338 e. The summed E-state index contributed by atoms with van der Waals surface area (Å²) >= 11 is 0. The molecule has 33 heavy (non-hydrogen) atoms. The second-order valence-corrected chi connectivity index (χ2v) is 7.62. The maximum atomic E-state index is 12.6. The number of rotatable bonds is 5. The number of nitrogens with zero attached hydrogens (tertiary/aromatic N) is 1. The van der Waals surface area contributed by atoms with Crippen LogP contribution in [-0.4, -0.2) is 23.5 Å². The van der Waals surface area contributed by atoms with Gasteiger partial charge in [0.15, 0.2) is 5.43 Å². The predicted octanol–water partition coefficient (Wildman–Crippen LogP) is 4.90. The molecule has 2 aromatic heterocycles. The fourth-order valence-corrected chi connectivity index (χ4v) is 3.57. The molecule has 0 bridgehead atoms. The minimum absolute atomic E-state index is 0.118. The molecule has 7 nitrogen and oxygen atoms in total. The van der Waals surface area contributed by atoms with Gasteiger partial charge in [0.25, 0.3) is 5.91 Å². The quantitative estimate of drug-likeness (QED) is 0.442. The zero-order valence-corrected chi connectivity index (χ0v) is 18.5. The fourth-order valence-electron chi connectivity index (χ4n) is 3.57. The molecule has 1 amide bonds. The normalized spacial score (nSPS) is 10.8. The molecule has 2 heterocycles. The monoisotopic (exact) mass is 442 g/mol. The Bertz CT molecular complexity index is 1420. The third kappa shape index (κ3) is 4.67. The number of esters is 1. The summed E-state index contributed by atoms with van der Waals surface area (Å²) in [6, 6.07) is 14.9. The lowest BCUT2D eigenvalue weighted by Crippen LogP contribution is -2.14. The molecule has 0 saturated carbocycles. The number of hydrogen-bond donors (Lipinski definition) is 1. The predicted molar refractivity (Wildman–Crippen MR) is 126 cm³/mol. The number of ether oxygens (including phenoxy) is 1. The van der Waals surface area contributed by atoms with Crippen molar-refractivity contribution in [3.8, 4) is 11.3 Å². The summed E-state index contributed by atoms with van der Waals surface area (Å²) in [6.45, 7) is 5.81. The van der Waals surface area contributed by atoms with Gasteiger partial charge < -0.3 is 14.5 Å². The van der Waals surface area contributed by atoms with Crippen LogP contribution in [0.4, 0.5) is 5.82 Å². The van der Waals surface area contributed by atoms with Crippen LogP contribution in [0, 0.1) is 13.8 Å². The Morgan fingerprint density at radius 2 is 1.76 bits per heavy atom. The van der Waals surface area contributed by atoms with E-state index in [1.165, 1.54) is 24.4 Å². The first-order chi connectivity index (χ1) is 15.9. The van der Waals surface area contributed by atoms with Gasteiger partial charge in [0, 0.05) is 23.4 Å². The van der Waals surface area contributed by atoms with Crippen molar-refractivity contribution in [3.63, 3.8) is 0 Å². The Balaban J connectivity index is 1.57. The largest absolute Gasteiger partial charge is 0.462 e. The number of benzene rings is 2. The van der Waals surface area contributed by atoms with Crippen molar-refractivity contribution >= 4 is 28.7 Å². The van der Waals surface area contributed by atoms with Crippen molar-refractivity contribution in [2.75, 3.05) is 11.9 Å². The third-order valence-electron chi connectivity index (χ3n) is 5.10. The number of carbonyl (C=O) groups is 2. The molecule has 0 aliphatic heterocycles. The summed E-state index contributed by atoms with van der Waals surface area (Å²) in [5, 5.41) is 3.22. The molecule has 0 aliphatic rings. The molecule has 4 rings (SSSR count). The van der Waals surface area contributed by atoms with E-state index in [1.54, 1.807) is 31.2 Å². The number of carbonyl (C=O) groups excluding carboxylic acids is 2. The van der Waals surface area contributed by atoms with Crippen molar-refractivity contribution in [3.05, 3.63) is 93.3 Å². The number of aryl methyl sites for hydroxylation is 2. The van der Waals surface area contributed by atoms with E-state index in [9.17, 15) is 14.4 Å². The highest BCUT2D eigenvalue weighted by atomic mass is 16.5. The molecule has 1 N–H and O–H groups in total. The number of hydrogen-bond acceptors (Lipinski definition) is 6. The van der Waals surface area contributed by atoms with Gasteiger partial charge in [0.05, 0.1) is 17.6 Å². The molecule has 0 saturated heterocycles. The number of pyridine rings is 1. The maximum Gasteiger partial charge on any atom is 0.338 e. The summed E-state index contributed by atoms with van der Waals surface area (Å²) in [5.74, 6) is -0.209. The Morgan fingerprint density at radius 1 is 1.00 bits per heavy atom. The summed E-state index contributed by atoms with van der Waals surface area (Å²) in [4.78, 5) is 41.2. The van der Waals surface area contributed by atoms with Crippen LogP contribution in [0.15, 0.2) is 70.0 Å². The second-order valence-electron chi connectivity index (χ2n) is 7.62. The molecule has 166 valence electrons. The summed E-state index contributed by atoms with van der Waals surface area (Å²) in [6.07, 6.45) is 1.43. The first-order valence-electron chi connectivity index (χ1n) is 10.5. The first-order valence-corrected chi connectivity index (χ1v) is 10.5. The molecule has 4 aromatic rings. The van der Waals surface area contributed by atoms with Crippen LogP contribution in [0.3, 0.4) is 0 Å². The van der Waals surface area contributed by atoms with Crippen molar-refractivity contribution in [1.29, 1.82) is 0 Å². The average molecular weight is 442 g/mol. The minimum atomic E-state index is -0.484. The van der Waals surface area contributed by atoms with E-state index in [2.05, 4.69) is 10.3 Å². The van der Waals surface area contributed by atoms with Crippen molar-refractivity contribution in [2.45, 2.75) is 20.8 Å². The van der Waals surface area contributed by atoms with Crippen LogP contribution in [0.2, 0.25) is 0 Å². The Hall–Kier alpha value is -4.26. The van der Waals surface area contributed by atoms with Crippen LogP contribution in [-0.2, 0) is 4.74 Å². The molecule has 0 fully saturated rings. The van der Waals surface area contributed by atoms with Gasteiger partial charge in [-0.15, -0.1) is 0 Å². The van der Waals surface area contributed by atoms with Gasteiger partial charge in [0.1, 0.15) is 17.2 Å². The highest BCUT2D eigenvalue weighted by Crippen LogP contribution is 2.25. The van der Waals surface area contributed by atoms with E-state index < -0.39 is 5.97 Å². The molecular weight excluding hydrogens is 420 g/mol. The van der Waals surface area contributed by atoms with Crippen molar-refractivity contribution < 1.29 is 18.7 Å². The van der Waals surface area contributed by atoms with E-state index in [1.807, 2.05) is 26.0 Å². The van der Waals surface area contributed by atoms with E-state index in [0.29, 0.717) is 33.4 Å². The van der Waals surface area contributed by atoms with Crippen LogP contribution < -0.4 is 10.7 Å². The highest BCUT2D eigenvalue weighted by Gasteiger charge is 2.13. The van der Waals surface area contributed by atoms with Gasteiger partial charge in [-0.25, -0.2) is 9.78 Å². The summed E-state index contributed by atoms with van der Waals surface area (Å²) in [7, 11) is 0. The van der Waals surface area contributed by atoms with Crippen LogP contribution in [0.5, 0.6) is 0 Å². The fraction of sp³-hybridized carbons (Fsp3) is 0.154. The third-order valence-corrected chi connectivity index (χ3v) is 5.10. The molecule has 0 spiro atoms. The molecule has 0 unspecified atom stereocenters. The van der Waals surface area contributed by atoms with E-state index in [0.717, 1.165) is 11.1 Å². The Kier molecular flexibility index (Phi) is 6.04. The van der Waals surface area contributed by atoms with Gasteiger partial charge in [-0.3, -0.25) is 9.59 Å². The Labute approximate surface area is 190 Å². The minimum Gasteiger partial charge on any atom is -0.462 e.